The molecule has 0 bridgehead atoms. The Morgan fingerprint density at radius 1 is 1.03 bits per heavy atom. The number of furan rings is 1. The summed E-state index contributed by atoms with van der Waals surface area (Å²) in [7, 11) is 0. The predicted octanol–water partition coefficient (Wildman–Crippen LogP) is 3.11. The van der Waals surface area contributed by atoms with Gasteiger partial charge in [0.1, 0.15) is 10.7 Å². The van der Waals surface area contributed by atoms with Crippen LogP contribution in [-0.2, 0) is 17.8 Å². The van der Waals surface area contributed by atoms with Gasteiger partial charge in [-0.25, -0.2) is 4.98 Å². The molecule has 4 heterocycles. The Morgan fingerprint density at radius 2 is 1.86 bits per heavy atom. The predicted molar refractivity (Wildman–Crippen MR) is 114 cm³/mol. The summed E-state index contributed by atoms with van der Waals surface area (Å²) in [4.78, 5) is 24.2. The first-order valence-corrected chi connectivity index (χ1v) is 11.0. The van der Waals surface area contributed by atoms with Crippen LogP contribution >= 0.6 is 11.3 Å². The lowest BCUT2D eigenvalue weighted by Gasteiger charge is -2.34. The second kappa shape index (κ2) is 8.10. The van der Waals surface area contributed by atoms with Crippen molar-refractivity contribution in [2.24, 2.45) is 0 Å². The first-order chi connectivity index (χ1) is 14.3. The molecule has 0 atom stereocenters. The fourth-order valence-corrected chi connectivity index (χ4v) is 4.92. The van der Waals surface area contributed by atoms with Crippen molar-refractivity contribution < 1.29 is 9.21 Å². The molecule has 29 heavy (non-hydrogen) atoms. The minimum atomic E-state index is 0.214. The average molecular weight is 409 g/mol. The quantitative estimate of drug-likeness (QED) is 0.649. The fourth-order valence-electron chi connectivity index (χ4n) is 4.09. The molecule has 0 spiro atoms. The topological polar surface area (TPSA) is 52.8 Å². The summed E-state index contributed by atoms with van der Waals surface area (Å²) in [6, 6.07) is 12.1. The number of hydrogen-bond donors (Lipinski definition) is 0. The number of hydrogen-bond acceptors (Lipinski definition) is 6. The number of aromatic nitrogens is 1. The number of benzene rings is 1. The number of thiazole rings is 1. The highest BCUT2D eigenvalue weighted by Crippen LogP contribution is 2.27. The molecule has 5 rings (SSSR count). The Kier molecular flexibility index (Phi) is 5.18. The summed E-state index contributed by atoms with van der Waals surface area (Å²) in [6.07, 6.45) is 2.64. The third kappa shape index (κ3) is 3.99. The van der Waals surface area contributed by atoms with E-state index in [1.807, 2.05) is 29.2 Å². The SMILES string of the molecule is O=C(CN1CCN(Cc2nc(-c3ccco3)cs2)CC1)N1CCc2ccccc21. The van der Waals surface area contributed by atoms with Gasteiger partial charge in [0.2, 0.25) is 5.91 Å². The molecule has 6 nitrogen and oxygen atoms in total. The van der Waals surface area contributed by atoms with Gasteiger partial charge in [0.25, 0.3) is 0 Å². The van der Waals surface area contributed by atoms with E-state index in [4.69, 9.17) is 9.40 Å². The largest absolute Gasteiger partial charge is 0.463 e. The summed E-state index contributed by atoms with van der Waals surface area (Å²) in [5.74, 6) is 1.03. The van der Waals surface area contributed by atoms with Crippen molar-refractivity contribution in [3.8, 4) is 11.5 Å². The number of nitrogens with zero attached hydrogens (tertiary/aromatic N) is 4. The van der Waals surface area contributed by atoms with Crippen molar-refractivity contribution in [3.05, 3.63) is 58.6 Å². The van der Waals surface area contributed by atoms with Crippen LogP contribution in [0.1, 0.15) is 10.6 Å². The molecule has 0 unspecified atom stereocenters. The van der Waals surface area contributed by atoms with Crippen LogP contribution in [0.15, 0.2) is 52.5 Å². The van der Waals surface area contributed by atoms with Gasteiger partial charge in [-0.15, -0.1) is 11.3 Å². The zero-order chi connectivity index (χ0) is 19.6. The molecule has 1 amide bonds. The molecule has 0 radical (unpaired) electrons. The maximum Gasteiger partial charge on any atom is 0.241 e. The van der Waals surface area contributed by atoms with Crippen molar-refractivity contribution in [1.82, 2.24) is 14.8 Å². The van der Waals surface area contributed by atoms with Crippen LogP contribution in [0.25, 0.3) is 11.5 Å². The van der Waals surface area contributed by atoms with Crippen LogP contribution in [0.4, 0.5) is 5.69 Å². The lowest BCUT2D eigenvalue weighted by Crippen LogP contribution is -2.49. The first-order valence-electron chi connectivity index (χ1n) is 10.1. The Hall–Kier alpha value is -2.48. The lowest BCUT2D eigenvalue weighted by molar-refractivity contribution is -0.120. The summed E-state index contributed by atoms with van der Waals surface area (Å²) in [6.45, 7) is 5.91. The van der Waals surface area contributed by atoms with E-state index in [0.717, 1.165) is 67.8 Å². The Balaban J connectivity index is 1.12. The second-order valence-electron chi connectivity index (χ2n) is 7.58. The van der Waals surface area contributed by atoms with Gasteiger partial charge in [0, 0.05) is 43.8 Å². The molecule has 1 saturated heterocycles. The third-order valence-corrected chi connectivity index (χ3v) is 6.53. The highest BCUT2D eigenvalue weighted by atomic mass is 32.1. The van der Waals surface area contributed by atoms with E-state index in [1.54, 1.807) is 17.6 Å². The van der Waals surface area contributed by atoms with Crippen molar-refractivity contribution in [3.63, 3.8) is 0 Å². The zero-order valence-corrected chi connectivity index (χ0v) is 17.1. The molecule has 2 aromatic heterocycles. The lowest BCUT2D eigenvalue weighted by atomic mass is 10.2. The summed E-state index contributed by atoms with van der Waals surface area (Å²) >= 11 is 1.68. The molecule has 2 aliphatic rings. The van der Waals surface area contributed by atoms with Gasteiger partial charge in [-0.05, 0) is 30.2 Å². The normalized spacial score (nSPS) is 17.6. The maximum absolute atomic E-state index is 12.8. The van der Waals surface area contributed by atoms with Gasteiger partial charge in [-0.2, -0.15) is 0 Å². The molecule has 3 aromatic rings. The number of para-hydroxylation sites is 1. The van der Waals surface area contributed by atoms with Crippen molar-refractivity contribution in [2.75, 3.05) is 44.2 Å². The Morgan fingerprint density at radius 3 is 2.69 bits per heavy atom. The number of rotatable bonds is 5. The molecule has 1 aromatic carbocycles. The summed E-state index contributed by atoms with van der Waals surface area (Å²) in [5, 5.41) is 3.16. The molecule has 7 heteroatoms. The molecule has 0 aliphatic carbocycles. The number of carbonyl (C=O) groups excluding carboxylic acids is 1. The number of piperazine rings is 1. The molecule has 150 valence electrons. The minimum Gasteiger partial charge on any atom is -0.463 e. The number of carbonyl (C=O) groups is 1. The standard InChI is InChI=1S/C22H24N4O2S/c27-22(26-8-7-17-4-1-2-5-19(17)26)15-25-11-9-24(10-12-25)14-21-23-18(16-29-21)20-6-3-13-28-20/h1-6,13,16H,7-12,14-15H2. The molecular formula is C22H24N4O2S. The van der Waals surface area contributed by atoms with Crippen LogP contribution < -0.4 is 4.90 Å². The van der Waals surface area contributed by atoms with E-state index < -0.39 is 0 Å². The Bertz CT molecular complexity index is 976. The van der Waals surface area contributed by atoms with Crippen molar-refractivity contribution >= 4 is 22.9 Å². The zero-order valence-electron chi connectivity index (χ0n) is 16.3. The van der Waals surface area contributed by atoms with Gasteiger partial charge < -0.3 is 9.32 Å². The number of fused-ring (bicyclic) bond motifs is 1. The fraction of sp³-hybridized carbons (Fsp3) is 0.364. The molecular weight excluding hydrogens is 384 g/mol. The third-order valence-electron chi connectivity index (χ3n) is 5.70. The van der Waals surface area contributed by atoms with Crippen LogP contribution in [0.2, 0.25) is 0 Å². The van der Waals surface area contributed by atoms with Gasteiger partial charge >= 0.3 is 0 Å². The molecule has 0 N–H and O–H groups in total. The van der Waals surface area contributed by atoms with E-state index >= 15 is 0 Å². The van der Waals surface area contributed by atoms with Crippen LogP contribution in [0.5, 0.6) is 0 Å². The monoisotopic (exact) mass is 408 g/mol. The highest BCUT2D eigenvalue weighted by molar-refractivity contribution is 7.09. The van der Waals surface area contributed by atoms with E-state index in [-0.39, 0.29) is 5.91 Å². The first kappa shape index (κ1) is 18.5. The Labute approximate surface area is 174 Å². The van der Waals surface area contributed by atoms with E-state index in [9.17, 15) is 4.79 Å². The van der Waals surface area contributed by atoms with E-state index in [0.29, 0.717) is 6.54 Å². The highest BCUT2D eigenvalue weighted by Gasteiger charge is 2.27. The molecule has 1 fully saturated rings. The summed E-state index contributed by atoms with van der Waals surface area (Å²) in [5.41, 5.74) is 3.28. The van der Waals surface area contributed by atoms with Crippen molar-refractivity contribution in [2.45, 2.75) is 13.0 Å². The van der Waals surface area contributed by atoms with Crippen molar-refractivity contribution in [1.29, 1.82) is 0 Å². The van der Waals surface area contributed by atoms with Crippen LogP contribution in [-0.4, -0.2) is 60.0 Å². The van der Waals surface area contributed by atoms with Gasteiger partial charge in [-0.1, -0.05) is 18.2 Å². The van der Waals surface area contributed by atoms with Crippen LogP contribution in [0.3, 0.4) is 0 Å². The average Bonchev–Trinajstić information content (AvgIpc) is 3.50. The smallest absolute Gasteiger partial charge is 0.241 e. The molecule has 0 saturated carbocycles. The summed E-state index contributed by atoms with van der Waals surface area (Å²) < 4.78 is 5.43. The maximum atomic E-state index is 12.8. The number of anilines is 1. The van der Waals surface area contributed by atoms with E-state index in [2.05, 4.69) is 27.3 Å². The van der Waals surface area contributed by atoms with Crippen LogP contribution in [0, 0.1) is 0 Å². The van der Waals surface area contributed by atoms with E-state index in [1.165, 1.54) is 5.56 Å². The van der Waals surface area contributed by atoms with Gasteiger partial charge in [0.05, 0.1) is 19.4 Å². The molecule has 2 aliphatic heterocycles. The van der Waals surface area contributed by atoms with Gasteiger partial charge in [-0.3, -0.25) is 14.6 Å². The van der Waals surface area contributed by atoms with Gasteiger partial charge in [0.15, 0.2) is 5.76 Å². The number of amides is 1. The minimum absolute atomic E-state index is 0.214. The second-order valence-corrected chi connectivity index (χ2v) is 8.52.